The Hall–Kier alpha value is -3.11. The van der Waals surface area contributed by atoms with Crippen LogP contribution in [0, 0.1) is 6.92 Å². The molecule has 0 spiro atoms. The maximum atomic E-state index is 13.0. The standard InChI is InChI=1S/C22H24N2O7S/c1-15-5-7-17(12-20(15)32(27,28)24-9-3-2-4-10-24)23-21(25)13-29-22(26)16-6-8-18-19(11-16)31-14-30-18/h5-8,11-12H,2-4,9-10,13-14H2,1H3,(H,23,25). The molecule has 9 nitrogen and oxygen atoms in total. The molecule has 0 saturated carbocycles. The van der Waals surface area contributed by atoms with Gasteiger partial charge < -0.3 is 19.5 Å². The minimum atomic E-state index is -3.64. The quantitative estimate of drug-likeness (QED) is 0.660. The first-order valence-electron chi connectivity index (χ1n) is 10.3. The zero-order valence-corrected chi connectivity index (χ0v) is 18.4. The minimum absolute atomic E-state index is 0.0856. The number of anilines is 1. The van der Waals surface area contributed by atoms with Crippen molar-refractivity contribution >= 4 is 27.6 Å². The van der Waals surface area contributed by atoms with Gasteiger partial charge >= 0.3 is 5.97 Å². The number of aryl methyl sites for hydroxylation is 1. The van der Waals surface area contributed by atoms with Gasteiger partial charge in [0.05, 0.1) is 10.5 Å². The summed E-state index contributed by atoms with van der Waals surface area (Å²) in [5.41, 5.74) is 1.14. The molecule has 2 aromatic rings. The number of carbonyl (C=O) groups is 2. The van der Waals surface area contributed by atoms with Crippen LogP contribution in [0.2, 0.25) is 0 Å². The first-order chi connectivity index (χ1) is 15.3. The topological polar surface area (TPSA) is 111 Å². The lowest BCUT2D eigenvalue weighted by molar-refractivity contribution is -0.119. The van der Waals surface area contributed by atoms with Gasteiger partial charge in [0.1, 0.15) is 0 Å². The largest absolute Gasteiger partial charge is 0.454 e. The molecule has 0 radical (unpaired) electrons. The Labute approximate surface area is 186 Å². The summed E-state index contributed by atoms with van der Waals surface area (Å²) in [5.74, 6) is -0.292. The molecule has 2 aliphatic heterocycles. The van der Waals surface area contributed by atoms with Crippen LogP contribution in [-0.2, 0) is 19.6 Å². The molecule has 1 N–H and O–H groups in total. The number of hydrogen-bond acceptors (Lipinski definition) is 7. The van der Waals surface area contributed by atoms with E-state index in [1.54, 1.807) is 25.1 Å². The van der Waals surface area contributed by atoms with Crippen LogP contribution in [0.3, 0.4) is 0 Å². The van der Waals surface area contributed by atoms with Crippen molar-refractivity contribution in [3.63, 3.8) is 0 Å². The van der Waals surface area contributed by atoms with E-state index in [9.17, 15) is 18.0 Å². The Balaban J connectivity index is 1.39. The molecule has 2 heterocycles. The fraction of sp³-hybridized carbons (Fsp3) is 0.364. The lowest BCUT2D eigenvalue weighted by Crippen LogP contribution is -2.36. The molecule has 0 aromatic heterocycles. The molecule has 4 rings (SSSR count). The highest BCUT2D eigenvalue weighted by molar-refractivity contribution is 7.89. The number of benzene rings is 2. The van der Waals surface area contributed by atoms with Crippen molar-refractivity contribution in [1.29, 1.82) is 0 Å². The molecule has 1 saturated heterocycles. The highest BCUT2D eigenvalue weighted by Gasteiger charge is 2.27. The number of amides is 1. The van der Waals surface area contributed by atoms with Crippen LogP contribution in [0.4, 0.5) is 5.69 Å². The predicted molar refractivity (Wildman–Crippen MR) is 115 cm³/mol. The summed E-state index contributed by atoms with van der Waals surface area (Å²) >= 11 is 0. The van der Waals surface area contributed by atoms with Gasteiger partial charge in [-0.05, 0) is 55.7 Å². The van der Waals surface area contributed by atoms with Gasteiger partial charge in [0, 0.05) is 18.8 Å². The molecule has 0 atom stereocenters. The maximum absolute atomic E-state index is 13.0. The van der Waals surface area contributed by atoms with E-state index in [0.717, 1.165) is 19.3 Å². The van der Waals surface area contributed by atoms with E-state index in [1.807, 2.05) is 0 Å². The molecular weight excluding hydrogens is 436 g/mol. The Morgan fingerprint density at radius 2 is 1.78 bits per heavy atom. The van der Waals surface area contributed by atoms with Crippen molar-refractivity contribution in [3.8, 4) is 11.5 Å². The number of rotatable bonds is 6. The Morgan fingerprint density at radius 3 is 2.56 bits per heavy atom. The lowest BCUT2D eigenvalue weighted by Gasteiger charge is -2.26. The summed E-state index contributed by atoms with van der Waals surface area (Å²) in [6, 6.07) is 9.30. The van der Waals surface area contributed by atoms with Crippen LogP contribution in [-0.4, -0.2) is 51.1 Å². The van der Waals surface area contributed by atoms with Gasteiger partial charge in [-0.25, -0.2) is 13.2 Å². The van der Waals surface area contributed by atoms with Crippen molar-refractivity contribution in [2.45, 2.75) is 31.1 Å². The maximum Gasteiger partial charge on any atom is 0.338 e. The van der Waals surface area contributed by atoms with Gasteiger partial charge in [-0.2, -0.15) is 4.31 Å². The van der Waals surface area contributed by atoms with Crippen LogP contribution in [0.5, 0.6) is 11.5 Å². The van der Waals surface area contributed by atoms with Gasteiger partial charge in [0.2, 0.25) is 16.8 Å². The predicted octanol–water partition coefficient (Wildman–Crippen LogP) is 2.69. The average molecular weight is 461 g/mol. The molecule has 32 heavy (non-hydrogen) atoms. The molecule has 1 amide bonds. The second-order valence-corrected chi connectivity index (χ2v) is 9.54. The molecule has 0 aliphatic carbocycles. The summed E-state index contributed by atoms with van der Waals surface area (Å²) in [4.78, 5) is 24.7. The van der Waals surface area contributed by atoms with E-state index in [2.05, 4.69) is 5.32 Å². The van der Waals surface area contributed by atoms with E-state index in [1.165, 1.54) is 22.5 Å². The highest BCUT2D eigenvalue weighted by atomic mass is 32.2. The van der Waals surface area contributed by atoms with Crippen molar-refractivity contribution in [1.82, 2.24) is 4.31 Å². The summed E-state index contributed by atoms with van der Waals surface area (Å²) in [6.07, 6.45) is 2.69. The first kappa shape index (κ1) is 22.1. The molecule has 1 fully saturated rings. The molecule has 0 unspecified atom stereocenters. The molecule has 0 bridgehead atoms. The SMILES string of the molecule is Cc1ccc(NC(=O)COC(=O)c2ccc3c(c2)OCO3)cc1S(=O)(=O)N1CCCCC1. The van der Waals surface area contributed by atoms with E-state index < -0.39 is 28.5 Å². The summed E-state index contributed by atoms with van der Waals surface area (Å²) < 4.78 is 43.0. The number of nitrogens with one attached hydrogen (secondary N) is 1. The molecule has 170 valence electrons. The molecular formula is C22H24N2O7S. The van der Waals surface area contributed by atoms with Gasteiger partial charge in [0.15, 0.2) is 18.1 Å². The lowest BCUT2D eigenvalue weighted by atomic mass is 10.2. The second kappa shape index (κ2) is 9.17. The third-order valence-electron chi connectivity index (χ3n) is 5.35. The zero-order valence-electron chi connectivity index (χ0n) is 17.6. The van der Waals surface area contributed by atoms with E-state index in [0.29, 0.717) is 35.8 Å². The van der Waals surface area contributed by atoms with Crippen molar-refractivity contribution in [3.05, 3.63) is 47.5 Å². The molecule has 2 aliphatic rings. The van der Waals surface area contributed by atoms with Crippen molar-refractivity contribution in [2.24, 2.45) is 0 Å². The summed E-state index contributed by atoms with van der Waals surface area (Å²) in [5, 5.41) is 2.59. The monoisotopic (exact) mass is 460 g/mol. The second-order valence-electron chi connectivity index (χ2n) is 7.64. The van der Waals surface area contributed by atoms with Crippen LogP contribution in [0.1, 0.15) is 35.2 Å². The molecule has 10 heteroatoms. The van der Waals surface area contributed by atoms with E-state index in [4.69, 9.17) is 14.2 Å². The number of nitrogens with zero attached hydrogens (tertiary/aromatic N) is 1. The van der Waals surface area contributed by atoms with Gasteiger partial charge in [0.25, 0.3) is 5.91 Å². The summed E-state index contributed by atoms with van der Waals surface area (Å²) in [7, 11) is -3.64. The fourth-order valence-electron chi connectivity index (χ4n) is 3.64. The normalized spacial score (nSPS) is 15.9. The molecule has 2 aromatic carbocycles. The summed E-state index contributed by atoms with van der Waals surface area (Å²) in [6.45, 7) is 2.27. The Morgan fingerprint density at radius 1 is 1.03 bits per heavy atom. The van der Waals surface area contributed by atoms with Crippen molar-refractivity contribution < 1.29 is 32.2 Å². The van der Waals surface area contributed by atoms with Crippen LogP contribution in [0.15, 0.2) is 41.3 Å². The number of fused-ring (bicyclic) bond motifs is 1. The van der Waals surface area contributed by atoms with E-state index >= 15 is 0 Å². The van der Waals surface area contributed by atoms with E-state index in [-0.39, 0.29) is 17.3 Å². The smallest absolute Gasteiger partial charge is 0.338 e. The van der Waals surface area contributed by atoms with Crippen molar-refractivity contribution in [2.75, 3.05) is 31.8 Å². The van der Waals surface area contributed by atoms with Gasteiger partial charge in [-0.3, -0.25) is 4.79 Å². The van der Waals surface area contributed by atoms with Crippen LogP contribution >= 0.6 is 0 Å². The third-order valence-corrected chi connectivity index (χ3v) is 7.39. The number of esters is 1. The number of sulfonamides is 1. The number of hydrogen-bond donors (Lipinski definition) is 1. The Kier molecular flexibility index (Phi) is 6.33. The van der Waals surface area contributed by atoms with Crippen LogP contribution < -0.4 is 14.8 Å². The van der Waals surface area contributed by atoms with Gasteiger partial charge in [-0.1, -0.05) is 12.5 Å². The number of ether oxygens (including phenoxy) is 3. The zero-order chi connectivity index (χ0) is 22.7. The van der Waals surface area contributed by atoms with Crippen LogP contribution in [0.25, 0.3) is 0 Å². The van der Waals surface area contributed by atoms with Gasteiger partial charge in [-0.15, -0.1) is 0 Å². The number of piperidine rings is 1. The minimum Gasteiger partial charge on any atom is -0.454 e. The first-order valence-corrected chi connectivity index (χ1v) is 11.8. The average Bonchev–Trinajstić information content (AvgIpc) is 3.27. The number of carbonyl (C=O) groups excluding carboxylic acids is 2. The fourth-order valence-corrected chi connectivity index (χ4v) is 5.40. The Bertz CT molecular complexity index is 1140. The third kappa shape index (κ3) is 4.71. The highest BCUT2D eigenvalue weighted by Crippen LogP contribution is 2.32.